The van der Waals surface area contributed by atoms with E-state index in [2.05, 4.69) is 10.6 Å². The Kier molecular flexibility index (Phi) is 9.52. The number of methoxy groups -OCH3 is 1. The van der Waals surface area contributed by atoms with Gasteiger partial charge < -0.3 is 24.8 Å². The van der Waals surface area contributed by atoms with Gasteiger partial charge in [-0.2, -0.15) is 0 Å². The highest BCUT2D eigenvalue weighted by Gasteiger charge is 2.17. The molecule has 2 unspecified atom stereocenters. The molecule has 1 heterocycles. The molecule has 0 spiro atoms. The molecule has 136 valence electrons. The fourth-order valence-electron chi connectivity index (χ4n) is 2.62. The van der Waals surface area contributed by atoms with Crippen molar-refractivity contribution in [2.75, 3.05) is 33.4 Å². The first-order valence-electron chi connectivity index (χ1n) is 8.71. The van der Waals surface area contributed by atoms with Crippen molar-refractivity contribution < 1.29 is 19.0 Å². The Labute approximate surface area is 140 Å². The maximum atomic E-state index is 11.6. The van der Waals surface area contributed by atoms with E-state index < -0.39 is 5.60 Å². The Hall–Kier alpha value is -0.850. The van der Waals surface area contributed by atoms with Crippen LogP contribution in [-0.4, -0.2) is 57.3 Å². The molecule has 0 aromatic rings. The van der Waals surface area contributed by atoms with E-state index in [9.17, 15) is 4.79 Å². The van der Waals surface area contributed by atoms with Gasteiger partial charge in [0.15, 0.2) is 0 Å². The first kappa shape index (κ1) is 20.2. The third-order valence-corrected chi connectivity index (χ3v) is 3.69. The molecule has 1 amide bonds. The molecule has 1 aliphatic rings. The number of hydrogen-bond acceptors (Lipinski definition) is 5. The second kappa shape index (κ2) is 10.8. The molecule has 0 aliphatic carbocycles. The molecule has 1 rings (SSSR count). The Bertz CT molecular complexity index is 325. The van der Waals surface area contributed by atoms with Crippen LogP contribution in [0.5, 0.6) is 0 Å². The zero-order valence-electron chi connectivity index (χ0n) is 15.2. The van der Waals surface area contributed by atoms with Gasteiger partial charge in [0, 0.05) is 26.3 Å². The summed E-state index contributed by atoms with van der Waals surface area (Å²) in [6.07, 6.45) is 5.32. The second-order valence-electron chi connectivity index (χ2n) is 7.10. The van der Waals surface area contributed by atoms with E-state index >= 15 is 0 Å². The lowest BCUT2D eigenvalue weighted by Gasteiger charge is -2.21. The predicted molar refractivity (Wildman–Crippen MR) is 90.7 cm³/mol. The van der Waals surface area contributed by atoms with E-state index in [0.29, 0.717) is 25.3 Å². The van der Waals surface area contributed by atoms with Crippen LogP contribution in [0.15, 0.2) is 0 Å². The molecule has 2 N–H and O–H groups in total. The molecule has 6 nitrogen and oxygen atoms in total. The van der Waals surface area contributed by atoms with E-state index in [1.54, 1.807) is 7.11 Å². The average molecular weight is 330 g/mol. The smallest absolute Gasteiger partial charge is 0.407 e. The molecular weight excluding hydrogens is 296 g/mol. The van der Waals surface area contributed by atoms with Crippen LogP contribution < -0.4 is 10.6 Å². The van der Waals surface area contributed by atoms with Gasteiger partial charge in [-0.05, 0) is 59.4 Å². The van der Waals surface area contributed by atoms with Gasteiger partial charge in [0.05, 0.1) is 12.7 Å². The van der Waals surface area contributed by atoms with Crippen LogP contribution in [0, 0.1) is 0 Å². The highest BCUT2D eigenvalue weighted by atomic mass is 16.6. The number of amides is 1. The van der Waals surface area contributed by atoms with Crippen LogP contribution in [0.4, 0.5) is 4.79 Å². The van der Waals surface area contributed by atoms with Crippen LogP contribution in [0.25, 0.3) is 0 Å². The highest BCUT2D eigenvalue weighted by molar-refractivity contribution is 5.67. The lowest BCUT2D eigenvalue weighted by molar-refractivity contribution is 0.0525. The van der Waals surface area contributed by atoms with Crippen LogP contribution >= 0.6 is 0 Å². The van der Waals surface area contributed by atoms with Gasteiger partial charge in [0.1, 0.15) is 5.60 Å². The minimum absolute atomic E-state index is 0.307. The monoisotopic (exact) mass is 330 g/mol. The summed E-state index contributed by atoms with van der Waals surface area (Å²) in [7, 11) is 1.72. The SMILES string of the molecule is COCC(CCCNC(=O)OC(C)(C)C)NCCC1CCCO1. The van der Waals surface area contributed by atoms with Gasteiger partial charge in [-0.1, -0.05) is 0 Å². The summed E-state index contributed by atoms with van der Waals surface area (Å²) >= 11 is 0. The highest BCUT2D eigenvalue weighted by Crippen LogP contribution is 2.14. The number of hydrogen-bond donors (Lipinski definition) is 2. The molecule has 6 heteroatoms. The van der Waals surface area contributed by atoms with Gasteiger partial charge in [-0.25, -0.2) is 4.79 Å². The lowest BCUT2D eigenvalue weighted by atomic mass is 10.1. The van der Waals surface area contributed by atoms with Crippen LogP contribution in [-0.2, 0) is 14.2 Å². The Balaban J connectivity index is 2.10. The van der Waals surface area contributed by atoms with Crippen LogP contribution in [0.1, 0.15) is 52.9 Å². The fraction of sp³-hybridized carbons (Fsp3) is 0.941. The summed E-state index contributed by atoms with van der Waals surface area (Å²) in [4.78, 5) is 11.6. The Morgan fingerprint density at radius 1 is 1.35 bits per heavy atom. The number of carbonyl (C=O) groups is 1. The summed E-state index contributed by atoms with van der Waals surface area (Å²) in [5.41, 5.74) is -0.452. The van der Waals surface area contributed by atoms with Gasteiger partial charge in [-0.15, -0.1) is 0 Å². The zero-order chi connectivity index (χ0) is 17.1. The van der Waals surface area contributed by atoms with Crippen molar-refractivity contribution in [2.45, 2.75) is 70.6 Å². The number of ether oxygens (including phenoxy) is 3. The third kappa shape index (κ3) is 10.5. The topological polar surface area (TPSA) is 68.8 Å². The Morgan fingerprint density at radius 3 is 2.74 bits per heavy atom. The van der Waals surface area contributed by atoms with Crippen molar-refractivity contribution in [3.63, 3.8) is 0 Å². The first-order valence-corrected chi connectivity index (χ1v) is 8.71. The van der Waals surface area contributed by atoms with Crippen molar-refractivity contribution in [3.05, 3.63) is 0 Å². The van der Waals surface area contributed by atoms with Crippen molar-refractivity contribution in [2.24, 2.45) is 0 Å². The summed E-state index contributed by atoms with van der Waals surface area (Å²) in [6, 6.07) is 0.307. The molecule has 2 atom stereocenters. The fourth-order valence-corrected chi connectivity index (χ4v) is 2.62. The number of alkyl carbamates (subject to hydrolysis) is 1. The van der Waals surface area contributed by atoms with Crippen molar-refractivity contribution in [3.8, 4) is 0 Å². The molecular formula is C17H34N2O4. The summed E-state index contributed by atoms with van der Waals surface area (Å²) in [6.45, 7) is 8.72. The van der Waals surface area contributed by atoms with Gasteiger partial charge in [0.25, 0.3) is 0 Å². The lowest BCUT2D eigenvalue weighted by Crippen LogP contribution is -2.37. The van der Waals surface area contributed by atoms with Crippen molar-refractivity contribution >= 4 is 6.09 Å². The van der Waals surface area contributed by atoms with Gasteiger partial charge >= 0.3 is 6.09 Å². The number of rotatable bonds is 10. The Morgan fingerprint density at radius 2 is 2.13 bits per heavy atom. The first-order chi connectivity index (χ1) is 10.9. The van der Waals surface area contributed by atoms with Crippen LogP contribution in [0.3, 0.4) is 0 Å². The standard InChI is InChI=1S/C17H34N2O4/c1-17(2,3)23-16(20)19-10-5-7-14(13-21-4)18-11-9-15-8-6-12-22-15/h14-15,18H,5-13H2,1-4H3,(H,19,20). The molecule has 0 radical (unpaired) electrons. The largest absolute Gasteiger partial charge is 0.444 e. The maximum Gasteiger partial charge on any atom is 0.407 e. The molecule has 23 heavy (non-hydrogen) atoms. The predicted octanol–water partition coefficient (Wildman–Crippen LogP) is 2.46. The summed E-state index contributed by atoms with van der Waals surface area (Å²) < 4.78 is 16.1. The molecule has 1 saturated heterocycles. The minimum atomic E-state index is -0.452. The van der Waals surface area contributed by atoms with Gasteiger partial charge in [0.2, 0.25) is 0 Å². The molecule has 1 aliphatic heterocycles. The van der Waals surface area contributed by atoms with Crippen molar-refractivity contribution in [1.82, 2.24) is 10.6 Å². The number of nitrogens with one attached hydrogen (secondary N) is 2. The normalized spacial score (nSPS) is 19.6. The average Bonchev–Trinajstić information content (AvgIpc) is 2.94. The quantitative estimate of drug-likeness (QED) is 0.602. The molecule has 0 aromatic carbocycles. The van der Waals surface area contributed by atoms with E-state index in [1.807, 2.05) is 20.8 Å². The number of carbonyl (C=O) groups excluding carboxylic acids is 1. The minimum Gasteiger partial charge on any atom is -0.444 e. The van der Waals surface area contributed by atoms with Gasteiger partial charge in [-0.3, -0.25) is 0 Å². The van der Waals surface area contributed by atoms with E-state index in [0.717, 1.165) is 32.4 Å². The molecule has 0 aromatic heterocycles. The zero-order valence-corrected chi connectivity index (χ0v) is 15.2. The van der Waals surface area contributed by atoms with Crippen molar-refractivity contribution in [1.29, 1.82) is 0 Å². The second-order valence-corrected chi connectivity index (χ2v) is 7.10. The van der Waals surface area contributed by atoms with E-state index in [4.69, 9.17) is 14.2 Å². The molecule has 1 fully saturated rings. The molecule has 0 saturated carbocycles. The van der Waals surface area contributed by atoms with E-state index in [-0.39, 0.29) is 6.09 Å². The van der Waals surface area contributed by atoms with E-state index in [1.165, 1.54) is 12.8 Å². The summed E-state index contributed by atoms with van der Waals surface area (Å²) in [5.74, 6) is 0. The third-order valence-electron chi connectivity index (χ3n) is 3.69. The molecule has 0 bridgehead atoms. The maximum absolute atomic E-state index is 11.6. The van der Waals surface area contributed by atoms with Crippen LogP contribution in [0.2, 0.25) is 0 Å². The summed E-state index contributed by atoms with van der Waals surface area (Å²) in [5, 5.41) is 6.31.